The summed E-state index contributed by atoms with van der Waals surface area (Å²) in [6.07, 6.45) is -2.84. The summed E-state index contributed by atoms with van der Waals surface area (Å²) in [5.74, 6) is 0.261. The van der Waals surface area contributed by atoms with Gasteiger partial charge in [0.1, 0.15) is 0 Å². The Balaban J connectivity index is 2.26. The van der Waals surface area contributed by atoms with Crippen LogP contribution in [0.4, 0.5) is 19.0 Å². The highest BCUT2D eigenvalue weighted by Gasteiger charge is 2.37. The lowest BCUT2D eigenvalue weighted by Crippen LogP contribution is -2.21. The van der Waals surface area contributed by atoms with Crippen LogP contribution in [0, 0.1) is 0 Å². The summed E-state index contributed by atoms with van der Waals surface area (Å²) in [5.41, 5.74) is -1.34. The molecule has 21 heavy (non-hydrogen) atoms. The van der Waals surface area contributed by atoms with E-state index in [2.05, 4.69) is 19.9 Å². The summed E-state index contributed by atoms with van der Waals surface area (Å²) in [5, 5.41) is -0.855. The van der Waals surface area contributed by atoms with Gasteiger partial charge in [-0.25, -0.2) is 9.97 Å². The number of aromatic nitrogens is 4. The highest BCUT2D eigenvalue weighted by atomic mass is 35.5. The van der Waals surface area contributed by atoms with Crippen LogP contribution in [-0.2, 0) is 6.18 Å². The van der Waals surface area contributed by atoms with Gasteiger partial charge in [-0.15, -0.1) is 0 Å². The lowest BCUT2D eigenvalue weighted by atomic mass is 10.3. The van der Waals surface area contributed by atoms with Gasteiger partial charge in [0, 0.05) is 13.1 Å². The summed E-state index contributed by atoms with van der Waals surface area (Å²) in [4.78, 5) is 16.9. The zero-order chi connectivity index (χ0) is 15.2. The van der Waals surface area contributed by atoms with E-state index in [1.54, 1.807) is 0 Å². The maximum absolute atomic E-state index is 12.9. The molecule has 1 aliphatic rings. The first-order chi connectivity index (χ1) is 9.86. The molecule has 1 saturated heterocycles. The van der Waals surface area contributed by atoms with Crippen molar-refractivity contribution in [2.75, 3.05) is 18.0 Å². The van der Waals surface area contributed by atoms with Crippen LogP contribution in [0.3, 0.4) is 0 Å². The molecule has 3 heterocycles. The second kappa shape index (κ2) is 5.10. The normalized spacial score (nSPS) is 16.0. The lowest BCUT2D eigenvalue weighted by Gasteiger charge is -2.18. The molecule has 1 fully saturated rings. The van der Waals surface area contributed by atoms with Crippen molar-refractivity contribution in [2.24, 2.45) is 0 Å². The Bertz CT molecular complexity index is 700. The number of anilines is 1. The average molecular weight is 338 g/mol. The van der Waals surface area contributed by atoms with Crippen LogP contribution < -0.4 is 4.90 Å². The number of hydrogen-bond acceptors (Lipinski definition) is 5. The largest absolute Gasteiger partial charge is 0.436 e. The molecule has 0 atom stereocenters. The van der Waals surface area contributed by atoms with Gasteiger partial charge in [-0.3, -0.25) is 0 Å². The van der Waals surface area contributed by atoms with Crippen molar-refractivity contribution in [3.05, 3.63) is 16.1 Å². The fourth-order valence-electron chi connectivity index (χ4n) is 2.22. The molecule has 0 spiro atoms. The number of alkyl halides is 3. The van der Waals surface area contributed by atoms with Gasteiger partial charge in [-0.2, -0.15) is 23.1 Å². The van der Waals surface area contributed by atoms with Crippen LogP contribution >= 0.6 is 23.2 Å². The van der Waals surface area contributed by atoms with Crippen molar-refractivity contribution in [1.29, 1.82) is 0 Å². The van der Waals surface area contributed by atoms with Gasteiger partial charge in [0.05, 0.1) is 0 Å². The molecule has 10 heteroatoms. The topological polar surface area (TPSA) is 54.8 Å². The minimum atomic E-state index is -4.69. The quantitative estimate of drug-likeness (QED) is 0.747. The molecule has 2 aromatic rings. The van der Waals surface area contributed by atoms with E-state index in [9.17, 15) is 13.2 Å². The fourth-order valence-corrected chi connectivity index (χ4v) is 2.61. The third-order valence-electron chi connectivity index (χ3n) is 3.12. The zero-order valence-corrected chi connectivity index (χ0v) is 12.0. The molecule has 0 aromatic carbocycles. The molecule has 3 rings (SSSR count). The number of rotatable bonds is 1. The third kappa shape index (κ3) is 2.69. The van der Waals surface area contributed by atoms with Crippen molar-refractivity contribution < 1.29 is 13.2 Å². The third-order valence-corrected chi connectivity index (χ3v) is 3.55. The molecule has 0 aliphatic carbocycles. The molecule has 0 N–H and O–H groups in total. The second-order valence-electron chi connectivity index (χ2n) is 4.54. The van der Waals surface area contributed by atoms with E-state index in [1.807, 2.05) is 4.90 Å². The van der Waals surface area contributed by atoms with Crippen LogP contribution in [0.15, 0.2) is 0 Å². The summed E-state index contributed by atoms with van der Waals surface area (Å²) >= 11 is 11.3. The molecular weight excluding hydrogens is 330 g/mol. The molecule has 2 aromatic heterocycles. The van der Waals surface area contributed by atoms with E-state index in [0.717, 1.165) is 12.8 Å². The van der Waals surface area contributed by atoms with Gasteiger partial charge in [-0.1, -0.05) is 11.6 Å². The van der Waals surface area contributed by atoms with Gasteiger partial charge in [0.25, 0.3) is 0 Å². The SMILES string of the molecule is FC(F)(F)c1nc2c(N3CCCC3)nc(Cl)nc2nc1Cl. The summed E-state index contributed by atoms with van der Waals surface area (Å²) < 4.78 is 38.7. The van der Waals surface area contributed by atoms with Gasteiger partial charge in [0.15, 0.2) is 27.8 Å². The Hall–Kier alpha value is -1.41. The Kier molecular flexibility index (Phi) is 3.53. The van der Waals surface area contributed by atoms with E-state index < -0.39 is 17.0 Å². The molecule has 0 bridgehead atoms. The van der Waals surface area contributed by atoms with E-state index in [-0.39, 0.29) is 22.3 Å². The monoisotopic (exact) mass is 337 g/mol. The highest BCUT2D eigenvalue weighted by Crippen LogP contribution is 2.35. The maximum Gasteiger partial charge on any atom is 0.436 e. The smallest absolute Gasteiger partial charge is 0.355 e. The molecule has 0 radical (unpaired) electrons. The summed E-state index contributed by atoms with van der Waals surface area (Å²) in [7, 11) is 0. The summed E-state index contributed by atoms with van der Waals surface area (Å²) in [6, 6.07) is 0. The second-order valence-corrected chi connectivity index (χ2v) is 5.24. The van der Waals surface area contributed by atoms with E-state index in [4.69, 9.17) is 23.2 Å². The first-order valence-corrected chi connectivity index (χ1v) is 6.85. The van der Waals surface area contributed by atoms with Crippen LogP contribution in [-0.4, -0.2) is 33.0 Å². The number of fused-ring (bicyclic) bond motifs is 1. The number of nitrogens with zero attached hydrogens (tertiary/aromatic N) is 5. The molecule has 0 saturated carbocycles. The predicted octanol–water partition coefficient (Wildman–Crippen LogP) is 3.35. The van der Waals surface area contributed by atoms with Gasteiger partial charge >= 0.3 is 6.18 Å². The van der Waals surface area contributed by atoms with Crippen LogP contribution in [0.1, 0.15) is 18.5 Å². The van der Waals surface area contributed by atoms with Crippen molar-refractivity contribution in [1.82, 2.24) is 19.9 Å². The standard InChI is InChI=1S/C11H8Cl2F3N5/c12-7-6(11(14,15)16)17-5-8(18-7)19-10(13)20-9(5)21-3-1-2-4-21/h1-4H2. The molecule has 112 valence electrons. The first kappa shape index (κ1) is 14.5. The summed E-state index contributed by atoms with van der Waals surface area (Å²) in [6.45, 7) is 1.35. The molecule has 0 amide bonds. The lowest BCUT2D eigenvalue weighted by molar-refractivity contribution is -0.141. The van der Waals surface area contributed by atoms with Crippen molar-refractivity contribution in [3.63, 3.8) is 0 Å². The predicted molar refractivity (Wildman–Crippen MR) is 71.6 cm³/mol. The Morgan fingerprint density at radius 2 is 1.62 bits per heavy atom. The van der Waals surface area contributed by atoms with Crippen molar-refractivity contribution >= 4 is 40.2 Å². The maximum atomic E-state index is 12.9. The van der Waals surface area contributed by atoms with E-state index in [0.29, 0.717) is 13.1 Å². The first-order valence-electron chi connectivity index (χ1n) is 6.09. The van der Waals surface area contributed by atoms with Gasteiger partial charge < -0.3 is 4.90 Å². The molecule has 5 nitrogen and oxygen atoms in total. The minimum Gasteiger partial charge on any atom is -0.355 e. The zero-order valence-electron chi connectivity index (χ0n) is 10.5. The van der Waals surface area contributed by atoms with E-state index >= 15 is 0 Å². The van der Waals surface area contributed by atoms with Crippen molar-refractivity contribution in [2.45, 2.75) is 19.0 Å². The van der Waals surface area contributed by atoms with Gasteiger partial charge in [-0.05, 0) is 24.4 Å². The van der Waals surface area contributed by atoms with E-state index in [1.165, 1.54) is 0 Å². The Labute approximate surface area is 127 Å². The highest BCUT2D eigenvalue weighted by molar-refractivity contribution is 6.30. The van der Waals surface area contributed by atoms with Crippen LogP contribution in [0.25, 0.3) is 11.2 Å². The molecule has 1 aliphatic heterocycles. The minimum absolute atomic E-state index is 0.0435. The molecular formula is C11H8Cl2F3N5. The number of hydrogen-bond donors (Lipinski definition) is 0. The fraction of sp³-hybridized carbons (Fsp3) is 0.455. The van der Waals surface area contributed by atoms with Crippen LogP contribution in [0.5, 0.6) is 0 Å². The number of halogens is 5. The van der Waals surface area contributed by atoms with Crippen LogP contribution in [0.2, 0.25) is 10.4 Å². The van der Waals surface area contributed by atoms with Crippen molar-refractivity contribution in [3.8, 4) is 0 Å². The average Bonchev–Trinajstić information content (AvgIpc) is 2.88. The molecule has 0 unspecified atom stereocenters. The van der Waals surface area contributed by atoms with Gasteiger partial charge in [0.2, 0.25) is 5.28 Å². The Morgan fingerprint density at radius 1 is 0.952 bits per heavy atom. The Morgan fingerprint density at radius 3 is 2.24 bits per heavy atom.